The fourth-order valence-electron chi connectivity index (χ4n) is 6.61. The molecule has 1 unspecified atom stereocenters. The van der Waals surface area contributed by atoms with E-state index in [4.69, 9.17) is 29.4 Å². The van der Waals surface area contributed by atoms with Crippen LogP contribution >= 0.6 is 0 Å². The third kappa shape index (κ3) is 10.1. The molecular formula is C42H50N2O5. The van der Waals surface area contributed by atoms with Crippen LogP contribution in [0.2, 0.25) is 0 Å². The van der Waals surface area contributed by atoms with Crippen LogP contribution in [0.3, 0.4) is 0 Å². The molecule has 49 heavy (non-hydrogen) atoms. The zero-order chi connectivity index (χ0) is 33.5. The lowest BCUT2D eigenvalue weighted by atomic mass is 9.90. The Kier molecular flexibility index (Phi) is 13.4. The summed E-state index contributed by atoms with van der Waals surface area (Å²) in [6.07, 6.45) is 4.90. The van der Waals surface area contributed by atoms with E-state index in [1.807, 2.05) is 54.6 Å². The molecule has 1 aliphatic heterocycles. The molecule has 0 radical (unpaired) electrons. The third-order valence-electron chi connectivity index (χ3n) is 9.23. The maximum Gasteiger partial charge on any atom is 0.115 e. The molecule has 0 saturated carbocycles. The monoisotopic (exact) mass is 662 g/mol. The number of nitrogens with one attached hydrogen (secondary N) is 1. The zero-order valence-electron chi connectivity index (χ0n) is 28.3. The van der Waals surface area contributed by atoms with Gasteiger partial charge >= 0.3 is 0 Å². The molecule has 5 atom stereocenters. The minimum Gasteiger partial charge on any atom is -0.379 e. The Morgan fingerprint density at radius 2 is 1.14 bits per heavy atom. The van der Waals surface area contributed by atoms with Crippen molar-refractivity contribution in [3.05, 3.63) is 144 Å². The smallest absolute Gasteiger partial charge is 0.115 e. The largest absolute Gasteiger partial charge is 0.379 e. The van der Waals surface area contributed by atoms with E-state index in [9.17, 15) is 0 Å². The molecule has 3 N–H and O–H groups in total. The lowest BCUT2D eigenvalue weighted by molar-refractivity contribution is -0.273. The number of H-pyrrole nitrogens is 1. The van der Waals surface area contributed by atoms with Crippen molar-refractivity contribution in [3.63, 3.8) is 0 Å². The van der Waals surface area contributed by atoms with E-state index in [1.54, 1.807) is 0 Å². The number of fused-ring (bicyclic) bond motifs is 1. The third-order valence-corrected chi connectivity index (χ3v) is 9.23. The van der Waals surface area contributed by atoms with Crippen LogP contribution in [0.25, 0.3) is 10.9 Å². The molecule has 7 heteroatoms. The van der Waals surface area contributed by atoms with Crippen molar-refractivity contribution >= 4 is 10.9 Å². The van der Waals surface area contributed by atoms with Gasteiger partial charge in [0.25, 0.3) is 0 Å². The summed E-state index contributed by atoms with van der Waals surface area (Å²) in [4.78, 5) is 3.43. The number of unbranched alkanes of at least 4 members (excludes halogenated alkanes) is 2. The predicted molar refractivity (Wildman–Crippen MR) is 194 cm³/mol. The highest BCUT2D eigenvalue weighted by Crippen LogP contribution is 2.33. The summed E-state index contributed by atoms with van der Waals surface area (Å²) in [5.74, 6) is 0. The standard InChI is InChI=1S/C42H50N2O5/c43-25-13-4-14-26-45-31-39-41(47-29-33-17-7-2-8-18-33)42(48-30-34-19-9-3-10-20-34)40(46-28-32-15-5-1-6-16-32)38(49-39)24-23-35-27-44-37-22-12-11-21-36(35)37/h1-3,5-12,15-22,27,38-42,44H,4,13-14,23-26,28-31,43H2/t38?,39-,40+,41-,42-/m1/s1. The molecule has 0 amide bonds. The minimum absolute atomic E-state index is 0.249. The molecule has 5 aromatic rings. The molecule has 0 spiro atoms. The first kappa shape index (κ1) is 35.0. The van der Waals surface area contributed by atoms with Gasteiger partial charge < -0.3 is 34.4 Å². The number of aromatic nitrogens is 1. The molecule has 1 fully saturated rings. The molecule has 1 aliphatic rings. The van der Waals surface area contributed by atoms with Gasteiger partial charge in [0.15, 0.2) is 0 Å². The lowest BCUT2D eigenvalue weighted by Gasteiger charge is -2.46. The van der Waals surface area contributed by atoms with Gasteiger partial charge in [-0.15, -0.1) is 0 Å². The minimum atomic E-state index is -0.418. The van der Waals surface area contributed by atoms with Crippen molar-refractivity contribution in [2.45, 2.75) is 82.4 Å². The van der Waals surface area contributed by atoms with E-state index >= 15 is 0 Å². The summed E-state index contributed by atoms with van der Waals surface area (Å²) >= 11 is 0. The van der Waals surface area contributed by atoms with E-state index in [0.29, 0.717) is 39.6 Å². The highest BCUT2D eigenvalue weighted by Gasteiger charge is 2.48. The first-order valence-corrected chi connectivity index (χ1v) is 17.7. The molecular weight excluding hydrogens is 612 g/mol. The number of aryl methyl sites for hydroxylation is 1. The maximum absolute atomic E-state index is 7.02. The number of rotatable bonds is 19. The number of hydrogen-bond donors (Lipinski definition) is 2. The topological polar surface area (TPSA) is 88.0 Å². The van der Waals surface area contributed by atoms with Gasteiger partial charge in [0, 0.05) is 23.7 Å². The van der Waals surface area contributed by atoms with Crippen LogP contribution in [-0.2, 0) is 49.9 Å². The number of benzene rings is 4. The van der Waals surface area contributed by atoms with Gasteiger partial charge in [0.05, 0.1) is 32.5 Å². The fourth-order valence-corrected chi connectivity index (χ4v) is 6.61. The molecule has 0 bridgehead atoms. The van der Waals surface area contributed by atoms with E-state index in [-0.39, 0.29) is 18.3 Å². The molecule has 6 rings (SSSR count). The van der Waals surface area contributed by atoms with Crippen LogP contribution in [0.1, 0.15) is 47.9 Å². The SMILES string of the molecule is NCCCCCOC[C@H]1OC(CCc2c[nH]c3ccccc23)[C@H](OCc2ccccc2)[C@@H](OCc2ccccc2)[C@@H]1OCc1ccccc1. The zero-order valence-corrected chi connectivity index (χ0v) is 28.3. The number of nitrogens with two attached hydrogens (primary N) is 1. The summed E-state index contributed by atoms with van der Waals surface area (Å²) in [6.45, 7) is 3.06. The second kappa shape index (κ2) is 18.8. The summed E-state index contributed by atoms with van der Waals surface area (Å²) in [6, 6.07) is 39.3. The highest BCUT2D eigenvalue weighted by atomic mass is 16.6. The van der Waals surface area contributed by atoms with Crippen LogP contribution in [0.5, 0.6) is 0 Å². The number of aromatic amines is 1. The Labute approximate surface area is 290 Å². The van der Waals surface area contributed by atoms with Crippen LogP contribution in [0.4, 0.5) is 0 Å². The fraction of sp³-hybridized carbons (Fsp3) is 0.381. The average molecular weight is 663 g/mol. The Hall–Kier alpha value is -3.82. The molecule has 0 aliphatic carbocycles. The number of ether oxygens (including phenoxy) is 5. The second-order valence-electron chi connectivity index (χ2n) is 12.8. The first-order chi connectivity index (χ1) is 24.3. The van der Waals surface area contributed by atoms with Crippen LogP contribution < -0.4 is 5.73 Å². The Morgan fingerprint density at radius 1 is 0.592 bits per heavy atom. The summed E-state index contributed by atoms with van der Waals surface area (Å²) in [5, 5.41) is 1.23. The van der Waals surface area contributed by atoms with Crippen LogP contribution in [0.15, 0.2) is 121 Å². The van der Waals surface area contributed by atoms with Crippen molar-refractivity contribution in [2.75, 3.05) is 19.8 Å². The van der Waals surface area contributed by atoms with Crippen molar-refractivity contribution in [1.82, 2.24) is 4.98 Å². The van der Waals surface area contributed by atoms with Crippen molar-refractivity contribution < 1.29 is 23.7 Å². The molecule has 258 valence electrons. The van der Waals surface area contributed by atoms with Gasteiger partial charge in [-0.3, -0.25) is 0 Å². The van der Waals surface area contributed by atoms with Crippen molar-refractivity contribution in [3.8, 4) is 0 Å². The Balaban J connectivity index is 1.29. The average Bonchev–Trinajstić information content (AvgIpc) is 3.57. The molecule has 2 heterocycles. The molecule has 1 saturated heterocycles. The van der Waals surface area contributed by atoms with E-state index in [2.05, 4.69) is 71.8 Å². The molecule has 1 aromatic heterocycles. The summed E-state index contributed by atoms with van der Waals surface area (Å²) in [7, 11) is 0. The van der Waals surface area contributed by atoms with Crippen LogP contribution in [-0.4, -0.2) is 55.3 Å². The number of para-hydroxylation sites is 1. The second-order valence-corrected chi connectivity index (χ2v) is 12.8. The van der Waals surface area contributed by atoms with Gasteiger partial charge in [0.2, 0.25) is 0 Å². The van der Waals surface area contributed by atoms with Crippen LogP contribution in [0, 0.1) is 0 Å². The van der Waals surface area contributed by atoms with Crippen molar-refractivity contribution in [2.24, 2.45) is 5.73 Å². The maximum atomic E-state index is 7.02. The molecule has 4 aromatic carbocycles. The van der Waals surface area contributed by atoms with E-state index in [1.165, 1.54) is 10.9 Å². The Morgan fingerprint density at radius 3 is 1.76 bits per heavy atom. The van der Waals surface area contributed by atoms with E-state index in [0.717, 1.165) is 54.3 Å². The highest BCUT2D eigenvalue weighted by molar-refractivity contribution is 5.83. The first-order valence-electron chi connectivity index (χ1n) is 17.7. The van der Waals surface area contributed by atoms with Gasteiger partial charge in [-0.05, 0) is 67.0 Å². The normalized spacial score (nSPS) is 20.9. The Bertz CT molecular complexity index is 1630. The summed E-state index contributed by atoms with van der Waals surface area (Å²) < 4.78 is 33.8. The van der Waals surface area contributed by atoms with Gasteiger partial charge in [-0.1, -0.05) is 109 Å². The molecule has 7 nitrogen and oxygen atoms in total. The van der Waals surface area contributed by atoms with E-state index < -0.39 is 12.2 Å². The number of hydrogen-bond acceptors (Lipinski definition) is 6. The van der Waals surface area contributed by atoms with Crippen molar-refractivity contribution in [1.29, 1.82) is 0 Å². The van der Waals surface area contributed by atoms with Gasteiger partial charge in [0.1, 0.15) is 24.4 Å². The van der Waals surface area contributed by atoms with Gasteiger partial charge in [-0.25, -0.2) is 0 Å². The summed E-state index contributed by atoms with van der Waals surface area (Å²) in [5.41, 5.74) is 11.4. The van der Waals surface area contributed by atoms with Gasteiger partial charge in [-0.2, -0.15) is 0 Å². The predicted octanol–water partition coefficient (Wildman–Crippen LogP) is 7.77. The quantitative estimate of drug-likeness (QED) is 0.0879. The lowest BCUT2D eigenvalue weighted by Crippen LogP contribution is -2.61.